The average molecular weight is 1560 g/mol. The van der Waals surface area contributed by atoms with Gasteiger partial charge in [0.05, 0.1) is 44.5 Å². The minimum absolute atomic E-state index is 0.142. The van der Waals surface area contributed by atoms with Gasteiger partial charge in [0.1, 0.15) is 0 Å². The summed E-state index contributed by atoms with van der Waals surface area (Å²) < 4.78 is 7.22. The van der Waals surface area contributed by atoms with E-state index in [-0.39, 0.29) is 5.41 Å². The molecule has 19 aromatic carbocycles. The van der Waals surface area contributed by atoms with E-state index in [2.05, 4.69) is 504 Å². The molecule has 0 N–H and O–H groups in total. The van der Waals surface area contributed by atoms with Gasteiger partial charge < -0.3 is 23.5 Å². The van der Waals surface area contributed by atoms with Gasteiger partial charge in [0.15, 0.2) is 0 Å². The number of hydrogen-bond acceptors (Lipinski definition) is 2. The quantitative estimate of drug-likeness (QED) is 0.102. The lowest BCUT2D eigenvalue weighted by atomic mass is 9.82. The van der Waals surface area contributed by atoms with Gasteiger partial charge in [0.2, 0.25) is 0 Å². The fraction of sp³-hybridized carbons (Fsp3) is 0.0256. The Labute approximate surface area is 710 Å². The third kappa shape index (κ3) is 12.8. The monoisotopic (exact) mass is 1560 g/mol. The molecule has 0 saturated carbocycles. The van der Waals surface area contributed by atoms with Crippen molar-refractivity contribution in [2.75, 3.05) is 9.80 Å². The van der Waals surface area contributed by atoms with Crippen molar-refractivity contribution in [3.63, 3.8) is 0 Å². The zero-order valence-electron chi connectivity index (χ0n) is 67.7. The standard InChI is InChI=1S/C60H41N3.C57H42N2/c1-3-17-42(18-4-1)43-33-35-44(36-34-43)46-37-38-60(55(39-46)45-19-5-2-6-20-45)61(47-21-15-23-49(40-47)62-56-29-11-7-25-51(56)52-26-8-12-30-57(52)62)48-22-16-24-50(41-48)63-58-31-13-9-27-53(58)54-28-10-14-32-59(54)63;1-57(2)52-25-12-9-22-47(52)48-34-33-46(38-53(48)57)58(44-20-15-21-45(37-44)59-54-26-13-10-23-49(54)50-24-11-14-27-55(50)59)56-35-32-43(36-51(56)42-18-7-4-8-19-42)41-30-28-40(29-31-41)39-16-5-3-6-17-39/h1-41H;3-38H,1-2H3. The maximum Gasteiger partial charge on any atom is 0.0541 e. The molecule has 5 nitrogen and oxygen atoms in total. The van der Waals surface area contributed by atoms with Crippen LogP contribution in [-0.2, 0) is 5.41 Å². The first-order chi connectivity index (χ1) is 60.3. The van der Waals surface area contributed by atoms with E-state index >= 15 is 0 Å². The summed E-state index contributed by atoms with van der Waals surface area (Å²) >= 11 is 0. The van der Waals surface area contributed by atoms with Crippen molar-refractivity contribution in [3.05, 3.63) is 478 Å². The van der Waals surface area contributed by atoms with E-state index in [1.165, 1.54) is 138 Å². The molecule has 0 fully saturated rings. The maximum atomic E-state index is 2.47. The van der Waals surface area contributed by atoms with E-state index in [4.69, 9.17) is 0 Å². The van der Waals surface area contributed by atoms with E-state index in [9.17, 15) is 0 Å². The van der Waals surface area contributed by atoms with Crippen molar-refractivity contribution in [2.24, 2.45) is 0 Å². The molecule has 0 bridgehead atoms. The zero-order valence-corrected chi connectivity index (χ0v) is 67.7. The van der Waals surface area contributed by atoms with Gasteiger partial charge in [-0.15, -0.1) is 0 Å². The lowest BCUT2D eigenvalue weighted by molar-refractivity contribution is 0.660. The maximum absolute atomic E-state index is 2.47. The summed E-state index contributed by atoms with van der Waals surface area (Å²) in [6.45, 7) is 4.73. The first kappa shape index (κ1) is 72.6. The highest BCUT2D eigenvalue weighted by molar-refractivity contribution is 6.12. The van der Waals surface area contributed by atoms with Gasteiger partial charge in [0, 0.05) is 88.7 Å². The van der Waals surface area contributed by atoms with E-state index in [0.29, 0.717) is 0 Å². The fourth-order valence-electron chi connectivity index (χ4n) is 19.1. The highest BCUT2D eigenvalue weighted by Gasteiger charge is 2.36. The minimum Gasteiger partial charge on any atom is -0.310 e. The summed E-state index contributed by atoms with van der Waals surface area (Å²) in [4.78, 5) is 4.92. The molecule has 0 aliphatic heterocycles. The molecule has 576 valence electrons. The third-order valence-corrected chi connectivity index (χ3v) is 24.9. The molecule has 0 saturated heterocycles. The molecule has 0 atom stereocenters. The molecular weight excluding hydrogens is 1480 g/mol. The predicted molar refractivity (Wildman–Crippen MR) is 515 cm³/mol. The Kier molecular flexibility index (Phi) is 18.2. The van der Waals surface area contributed by atoms with Gasteiger partial charge in [-0.2, -0.15) is 0 Å². The second-order valence-corrected chi connectivity index (χ2v) is 32.3. The van der Waals surface area contributed by atoms with E-state index < -0.39 is 0 Å². The third-order valence-electron chi connectivity index (χ3n) is 24.9. The second kappa shape index (κ2) is 30.6. The van der Waals surface area contributed by atoms with Crippen molar-refractivity contribution < 1.29 is 0 Å². The Hall–Kier alpha value is -15.8. The highest BCUT2D eigenvalue weighted by atomic mass is 15.2. The molecular formula is C117H83N5. The molecule has 0 unspecified atom stereocenters. The normalized spacial score (nSPS) is 12.1. The van der Waals surface area contributed by atoms with Gasteiger partial charge in [0.25, 0.3) is 0 Å². The van der Waals surface area contributed by atoms with Gasteiger partial charge in [-0.05, 0) is 205 Å². The van der Waals surface area contributed by atoms with Crippen molar-refractivity contribution in [1.29, 1.82) is 0 Å². The summed E-state index contributed by atoms with van der Waals surface area (Å²) in [5.74, 6) is 0. The molecule has 22 aromatic rings. The van der Waals surface area contributed by atoms with Crippen LogP contribution >= 0.6 is 0 Å². The molecule has 23 rings (SSSR count). The highest BCUT2D eigenvalue weighted by Crippen LogP contribution is 2.53. The van der Waals surface area contributed by atoms with E-state index in [0.717, 1.165) is 67.9 Å². The van der Waals surface area contributed by atoms with Gasteiger partial charge in [-0.3, -0.25) is 0 Å². The first-order valence-electron chi connectivity index (χ1n) is 42.1. The van der Waals surface area contributed by atoms with Crippen LogP contribution in [0.5, 0.6) is 0 Å². The lowest BCUT2D eigenvalue weighted by Gasteiger charge is -2.30. The number of fused-ring (bicyclic) bond motifs is 12. The van der Waals surface area contributed by atoms with Crippen LogP contribution in [0.1, 0.15) is 25.0 Å². The Bertz CT molecular complexity index is 7390. The largest absolute Gasteiger partial charge is 0.310 e. The van der Waals surface area contributed by atoms with Crippen LogP contribution in [0.25, 0.3) is 160 Å². The summed E-state index contributed by atoms with van der Waals surface area (Å²) in [6.07, 6.45) is 0. The van der Waals surface area contributed by atoms with Crippen LogP contribution < -0.4 is 9.80 Å². The van der Waals surface area contributed by atoms with Crippen molar-refractivity contribution >= 4 is 99.5 Å². The van der Waals surface area contributed by atoms with Crippen LogP contribution in [-0.4, -0.2) is 13.7 Å². The molecule has 122 heavy (non-hydrogen) atoms. The molecule has 3 aromatic heterocycles. The summed E-state index contributed by atoms with van der Waals surface area (Å²) in [7, 11) is 0. The molecule has 5 heteroatoms. The predicted octanol–water partition coefficient (Wildman–Crippen LogP) is 31.9. The number of anilines is 6. The van der Waals surface area contributed by atoms with Crippen molar-refractivity contribution in [2.45, 2.75) is 19.3 Å². The Balaban J connectivity index is 0.000000146. The molecule has 0 amide bonds. The molecule has 0 radical (unpaired) electrons. The molecule has 0 spiro atoms. The minimum atomic E-state index is -0.142. The number of rotatable bonds is 15. The van der Waals surface area contributed by atoms with Crippen molar-refractivity contribution in [3.8, 4) is 95.0 Å². The fourth-order valence-corrected chi connectivity index (χ4v) is 19.1. The Morgan fingerprint density at radius 3 is 0.779 bits per heavy atom. The number of benzene rings is 19. The first-order valence-corrected chi connectivity index (χ1v) is 42.1. The lowest BCUT2D eigenvalue weighted by Crippen LogP contribution is -2.17. The van der Waals surface area contributed by atoms with E-state index in [1.54, 1.807) is 0 Å². The van der Waals surface area contributed by atoms with Crippen LogP contribution in [0.4, 0.5) is 34.1 Å². The average Bonchev–Trinajstić information content (AvgIpc) is 1.54. The Morgan fingerprint density at radius 1 is 0.172 bits per heavy atom. The van der Waals surface area contributed by atoms with Gasteiger partial charge >= 0.3 is 0 Å². The summed E-state index contributed by atoms with van der Waals surface area (Å²) in [5, 5.41) is 7.48. The van der Waals surface area contributed by atoms with Gasteiger partial charge in [-0.1, -0.05) is 354 Å². The second-order valence-electron chi connectivity index (χ2n) is 32.3. The number of hydrogen-bond donors (Lipinski definition) is 0. The molecule has 3 heterocycles. The number of para-hydroxylation sites is 6. The number of aromatic nitrogens is 3. The number of nitrogens with zero attached hydrogens (tertiary/aromatic N) is 5. The topological polar surface area (TPSA) is 21.3 Å². The molecule has 1 aliphatic carbocycles. The van der Waals surface area contributed by atoms with Crippen LogP contribution in [0.3, 0.4) is 0 Å². The van der Waals surface area contributed by atoms with Gasteiger partial charge in [-0.25, -0.2) is 0 Å². The van der Waals surface area contributed by atoms with Crippen LogP contribution in [0, 0.1) is 0 Å². The van der Waals surface area contributed by atoms with Crippen LogP contribution in [0.15, 0.2) is 467 Å². The SMILES string of the molecule is CC1(C)c2ccccc2-c2ccc(N(c3cccc(-n4c5ccccc5c5ccccc54)c3)c3ccc(-c4ccc(-c5ccccc5)cc4)cc3-c3ccccc3)cc21.c1ccc(-c2ccc(-c3ccc(N(c4cccc(-n5c6ccccc6c6ccccc65)c4)c4cccc(-n5c6ccccc6c6ccccc65)c4)c(-c4ccccc4)c3)cc2)cc1. The summed E-state index contributed by atoms with van der Waals surface area (Å²) in [6, 6.07) is 170. The Morgan fingerprint density at radius 2 is 0.434 bits per heavy atom. The molecule has 1 aliphatic rings. The smallest absolute Gasteiger partial charge is 0.0541 e. The summed E-state index contributed by atoms with van der Waals surface area (Å²) in [5.41, 5.74) is 36.4. The van der Waals surface area contributed by atoms with Crippen molar-refractivity contribution in [1.82, 2.24) is 13.7 Å². The van der Waals surface area contributed by atoms with Crippen LogP contribution in [0.2, 0.25) is 0 Å². The zero-order chi connectivity index (χ0) is 81.2. The van der Waals surface area contributed by atoms with E-state index in [1.807, 2.05) is 0 Å².